The van der Waals surface area contributed by atoms with E-state index in [1.165, 1.54) is 0 Å². The van der Waals surface area contributed by atoms with Crippen molar-refractivity contribution in [3.8, 4) is 23.0 Å². The molecular formula is C40H42N2O6. The molecule has 0 saturated heterocycles. The van der Waals surface area contributed by atoms with Crippen LogP contribution in [0.25, 0.3) is 0 Å². The van der Waals surface area contributed by atoms with Gasteiger partial charge in [0.15, 0.2) is 0 Å². The predicted octanol–water partition coefficient (Wildman–Crippen LogP) is 7.01. The summed E-state index contributed by atoms with van der Waals surface area (Å²) in [6.07, 6.45) is 6.53. The van der Waals surface area contributed by atoms with E-state index in [4.69, 9.17) is 18.9 Å². The summed E-state index contributed by atoms with van der Waals surface area (Å²) in [4.78, 5) is 26.3. The van der Waals surface area contributed by atoms with Crippen LogP contribution in [-0.2, 0) is 26.1 Å². The maximum atomic E-state index is 13.2. The molecule has 4 aromatic carbocycles. The molecule has 8 heteroatoms. The largest absolute Gasteiger partial charge is 0.493 e. The first-order valence-electron chi connectivity index (χ1n) is 16.3. The van der Waals surface area contributed by atoms with E-state index in [1.54, 1.807) is 36.4 Å². The van der Waals surface area contributed by atoms with Crippen molar-refractivity contribution in [3.05, 3.63) is 144 Å². The highest BCUT2D eigenvalue weighted by Gasteiger charge is 2.17. The number of rotatable bonds is 4. The number of carbonyl (C=O) groups is 2. The molecule has 1 aliphatic heterocycles. The Hall–Kier alpha value is -5.50. The van der Waals surface area contributed by atoms with Gasteiger partial charge in [-0.15, -0.1) is 13.2 Å². The third kappa shape index (κ3) is 8.85. The summed E-state index contributed by atoms with van der Waals surface area (Å²) >= 11 is 0. The van der Waals surface area contributed by atoms with Crippen LogP contribution in [0.5, 0.6) is 23.0 Å². The van der Waals surface area contributed by atoms with Crippen molar-refractivity contribution < 1.29 is 28.5 Å². The topological polar surface area (TPSA) is 95.1 Å². The zero-order valence-electron chi connectivity index (χ0n) is 27.2. The lowest BCUT2D eigenvalue weighted by Gasteiger charge is -2.18. The number of nitrogens with one attached hydrogen (secondary N) is 2. The van der Waals surface area contributed by atoms with E-state index in [2.05, 4.69) is 23.8 Å². The zero-order chi connectivity index (χ0) is 33.6. The molecule has 2 N–H and O–H groups in total. The number of ether oxygens (including phenoxy) is 4. The van der Waals surface area contributed by atoms with Gasteiger partial charge in [0.05, 0.1) is 24.3 Å². The van der Waals surface area contributed by atoms with Gasteiger partial charge in [-0.25, -0.2) is 0 Å². The maximum Gasteiger partial charge on any atom is 0.255 e. The summed E-state index contributed by atoms with van der Waals surface area (Å²) in [6.45, 7) is 9.68. The zero-order valence-corrected chi connectivity index (χ0v) is 27.2. The molecule has 1 aliphatic rings. The van der Waals surface area contributed by atoms with Gasteiger partial charge in [0.2, 0.25) is 0 Å². The summed E-state index contributed by atoms with van der Waals surface area (Å²) < 4.78 is 25.1. The summed E-state index contributed by atoms with van der Waals surface area (Å²) in [6, 6.07) is 26.1. The molecule has 0 saturated carbocycles. The number of allylic oxidation sites excluding steroid dienone is 2. The van der Waals surface area contributed by atoms with Crippen LogP contribution in [0, 0.1) is 0 Å². The molecule has 0 fully saturated rings. The van der Waals surface area contributed by atoms with Gasteiger partial charge in [-0.05, 0) is 61.1 Å². The molecule has 0 spiro atoms. The fraction of sp³-hybridized carbons (Fsp3) is 0.250. The first-order valence-corrected chi connectivity index (χ1v) is 16.3. The lowest BCUT2D eigenvalue weighted by molar-refractivity contribution is 0.0922. The van der Waals surface area contributed by atoms with Crippen molar-refractivity contribution in [1.82, 2.24) is 10.6 Å². The Morgan fingerprint density at radius 3 is 1.44 bits per heavy atom. The van der Waals surface area contributed by atoms with Crippen molar-refractivity contribution in [3.63, 3.8) is 0 Å². The molecule has 0 aliphatic carbocycles. The number of para-hydroxylation sites is 4. The van der Waals surface area contributed by atoms with Gasteiger partial charge in [-0.1, -0.05) is 72.8 Å². The van der Waals surface area contributed by atoms with E-state index >= 15 is 0 Å². The second-order valence-electron chi connectivity index (χ2n) is 11.3. The second-order valence-corrected chi connectivity index (χ2v) is 11.3. The van der Waals surface area contributed by atoms with Crippen LogP contribution in [0.3, 0.4) is 0 Å². The Morgan fingerprint density at radius 2 is 1.00 bits per heavy atom. The van der Waals surface area contributed by atoms with E-state index in [1.807, 2.05) is 60.7 Å². The van der Waals surface area contributed by atoms with Crippen LogP contribution in [0.4, 0.5) is 0 Å². The highest BCUT2D eigenvalue weighted by molar-refractivity contribution is 5.98. The fourth-order valence-electron chi connectivity index (χ4n) is 5.47. The van der Waals surface area contributed by atoms with Crippen LogP contribution in [0.15, 0.2) is 110 Å². The van der Waals surface area contributed by atoms with E-state index < -0.39 is 0 Å². The SMILES string of the molecule is C=CCc1cccc2c1OCCCCOc1c(CC=C)cccc1COc1ccccc1C(=O)NCCNC(=O)c1ccccc1OC2. The smallest absolute Gasteiger partial charge is 0.255 e. The molecule has 0 unspecified atom stereocenters. The molecule has 248 valence electrons. The van der Waals surface area contributed by atoms with Crippen LogP contribution < -0.4 is 29.6 Å². The number of hydrogen-bond acceptors (Lipinski definition) is 6. The molecule has 0 radical (unpaired) electrons. The molecule has 4 aromatic rings. The minimum absolute atomic E-state index is 0.216. The van der Waals surface area contributed by atoms with Gasteiger partial charge < -0.3 is 29.6 Å². The number of amides is 2. The molecule has 8 nitrogen and oxygen atoms in total. The average molecular weight is 647 g/mol. The summed E-state index contributed by atoms with van der Waals surface area (Å²) in [7, 11) is 0. The summed E-state index contributed by atoms with van der Waals surface area (Å²) in [5.41, 5.74) is 4.59. The highest BCUT2D eigenvalue weighted by Crippen LogP contribution is 2.30. The van der Waals surface area contributed by atoms with Crippen molar-refractivity contribution in [2.45, 2.75) is 38.9 Å². The molecule has 0 aromatic heterocycles. The Bertz CT molecular complexity index is 1610. The van der Waals surface area contributed by atoms with Crippen LogP contribution in [0.2, 0.25) is 0 Å². The maximum absolute atomic E-state index is 13.2. The predicted molar refractivity (Wildman–Crippen MR) is 187 cm³/mol. The Labute approximate surface area is 282 Å². The molecule has 0 bridgehead atoms. The minimum Gasteiger partial charge on any atom is -0.493 e. The van der Waals surface area contributed by atoms with Gasteiger partial charge in [0.25, 0.3) is 11.8 Å². The molecule has 1 heterocycles. The van der Waals surface area contributed by atoms with Crippen molar-refractivity contribution in [1.29, 1.82) is 0 Å². The van der Waals surface area contributed by atoms with E-state index in [0.717, 1.165) is 46.6 Å². The molecule has 0 atom stereocenters. The van der Waals surface area contributed by atoms with Gasteiger partial charge in [0.1, 0.15) is 36.2 Å². The van der Waals surface area contributed by atoms with E-state index in [-0.39, 0.29) is 38.1 Å². The standard InChI is InChI=1S/C40H42N2O6/c1-3-13-29-15-11-17-31-27-47-35-21-7-5-19-33(35)39(43)41-23-24-42-40(44)34-20-6-8-22-36(34)48-28-32-18-12-16-30(14-4-2)38(32)46-26-10-9-25-45-37(29)31/h3-8,11-12,15-22H,1-2,9-10,13-14,23-28H2,(H,41,43)(H,42,44). The number of carbonyl (C=O) groups excluding carboxylic acids is 2. The summed E-state index contributed by atoms with van der Waals surface area (Å²) in [5, 5.41) is 5.77. The van der Waals surface area contributed by atoms with Gasteiger partial charge in [0, 0.05) is 24.2 Å². The molecule has 48 heavy (non-hydrogen) atoms. The van der Waals surface area contributed by atoms with Gasteiger partial charge in [-0.2, -0.15) is 0 Å². The van der Waals surface area contributed by atoms with E-state index in [0.29, 0.717) is 48.7 Å². The van der Waals surface area contributed by atoms with Crippen LogP contribution in [-0.4, -0.2) is 38.1 Å². The highest BCUT2D eigenvalue weighted by atomic mass is 16.5. The van der Waals surface area contributed by atoms with Gasteiger partial charge in [-0.3, -0.25) is 9.59 Å². The lowest BCUT2D eigenvalue weighted by Crippen LogP contribution is -2.35. The molecule has 5 rings (SSSR count). The lowest BCUT2D eigenvalue weighted by atomic mass is 10.1. The Kier molecular flexibility index (Phi) is 12.3. The van der Waals surface area contributed by atoms with Crippen molar-refractivity contribution in [2.75, 3.05) is 26.3 Å². The monoisotopic (exact) mass is 646 g/mol. The van der Waals surface area contributed by atoms with Crippen LogP contribution in [0.1, 0.15) is 55.8 Å². The number of benzene rings is 4. The second kappa shape index (κ2) is 17.4. The van der Waals surface area contributed by atoms with Crippen molar-refractivity contribution in [2.24, 2.45) is 0 Å². The first kappa shape index (κ1) is 33.9. The van der Waals surface area contributed by atoms with E-state index in [9.17, 15) is 9.59 Å². The fourth-order valence-corrected chi connectivity index (χ4v) is 5.47. The summed E-state index contributed by atoms with van der Waals surface area (Å²) in [5.74, 6) is 1.84. The molecule has 2 amide bonds. The number of fused-ring (bicyclic) bond motifs is 4. The Morgan fingerprint density at radius 1 is 0.562 bits per heavy atom. The average Bonchev–Trinajstić information content (AvgIpc) is 3.11. The van der Waals surface area contributed by atoms with Gasteiger partial charge >= 0.3 is 0 Å². The minimum atomic E-state index is -0.299. The number of hydrogen-bond donors (Lipinski definition) is 2. The van der Waals surface area contributed by atoms with Crippen molar-refractivity contribution >= 4 is 11.8 Å². The first-order chi connectivity index (χ1) is 23.6. The molecular weight excluding hydrogens is 604 g/mol. The Balaban J connectivity index is 1.39. The quantitative estimate of drug-likeness (QED) is 0.232. The third-order valence-electron chi connectivity index (χ3n) is 7.84. The normalized spacial score (nSPS) is 14.6. The third-order valence-corrected chi connectivity index (χ3v) is 7.84. The van der Waals surface area contributed by atoms with Crippen LogP contribution >= 0.6 is 0 Å².